The topological polar surface area (TPSA) is 86.5 Å². The Morgan fingerprint density at radius 3 is 2.70 bits per heavy atom. The molecule has 0 fully saturated rings. The van der Waals surface area contributed by atoms with Crippen molar-refractivity contribution in [3.8, 4) is 11.5 Å². The van der Waals surface area contributed by atoms with Gasteiger partial charge in [-0.1, -0.05) is 49.7 Å². The number of nitrogens with zero attached hydrogens (tertiary/aromatic N) is 2. The number of carbonyl (C=O) groups excluding carboxylic acids is 1. The molecule has 0 spiro atoms. The summed E-state index contributed by atoms with van der Waals surface area (Å²) in [5, 5.41) is 11.3. The molecular formula is C23H25N3O4. The van der Waals surface area contributed by atoms with Gasteiger partial charge in [0, 0.05) is 12.8 Å². The van der Waals surface area contributed by atoms with Crippen LogP contribution in [-0.2, 0) is 17.6 Å². The van der Waals surface area contributed by atoms with E-state index in [9.17, 15) is 4.79 Å². The first-order chi connectivity index (χ1) is 14.7. The molecule has 0 aliphatic carbocycles. The molecule has 0 bridgehead atoms. The molecule has 1 aliphatic heterocycles. The Morgan fingerprint density at radius 1 is 1.07 bits per heavy atom. The van der Waals surface area contributed by atoms with Crippen molar-refractivity contribution < 1.29 is 18.7 Å². The summed E-state index contributed by atoms with van der Waals surface area (Å²) in [5.41, 5.74) is 2.12. The second-order valence-electron chi connectivity index (χ2n) is 7.27. The van der Waals surface area contributed by atoms with Gasteiger partial charge in [-0.15, -0.1) is 10.2 Å². The summed E-state index contributed by atoms with van der Waals surface area (Å²) in [6, 6.07) is 15.8. The highest BCUT2D eigenvalue weighted by Gasteiger charge is 2.17. The van der Waals surface area contributed by atoms with Gasteiger partial charge in [0.25, 0.3) is 0 Å². The molecule has 3 aromatic rings. The zero-order chi connectivity index (χ0) is 20.8. The molecule has 2 aromatic carbocycles. The summed E-state index contributed by atoms with van der Waals surface area (Å²) in [6.45, 7) is 2.36. The summed E-state index contributed by atoms with van der Waals surface area (Å²) >= 11 is 0. The molecule has 7 heteroatoms. The van der Waals surface area contributed by atoms with Gasteiger partial charge in [-0.05, 0) is 29.7 Å². The third kappa shape index (κ3) is 4.97. The lowest BCUT2D eigenvalue weighted by Gasteiger charge is -2.18. The van der Waals surface area contributed by atoms with Gasteiger partial charge >= 0.3 is 0 Å². The van der Waals surface area contributed by atoms with E-state index in [2.05, 4.69) is 22.4 Å². The minimum atomic E-state index is -0.0205. The van der Waals surface area contributed by atoms with E-state index in [0.29, 0.717) is 31.0 Å². The van der Waals surface area contributed by atoms with Crippen LogP contribution in [0.2, 0.25) is 0 Å². The standard InChI is InChI=1S/C23H25N3O4/c1-2-6-18(17-7-4-3-5-8-17)24-21(27)11-12-22-25-26-23(30-22)14-16-9-10-19-20(13-16)29-15-28-19/h3-5,7-10,13,18H,2,6,11-12,14-15H2,1H3,(H,24,27)/t18-/m0/s1. The van der Waals surface area contributed by atoms with Gasteiger partial charge in [0.1, 0.15) is 0 Å². The van der Waals surface area contributed by atoms with Crippen molar-refractivity contribution in [3.05, 3.63) is 71.4 Å². The Morgan fingerprint density at radius 2 is 1.87 bits per heavy atom. The smallest absolute Gasteiger partial charge is 0.231 e. The average Bonchev–Trinajstić information content (AvgIpc) is 3.41. The fourth-order valence-electron chi connectivity index (χ4n) is 3.47. The van der Waals surface area contributed by atoms with E-state index in [4.69, 9.17) is 13.9 Å². The van der Waals surface area contributed by atoms with Crippen molar-refractivity contribution in [2.75, 3.05) is 6.79 Å². The van der Waals surface area contributed by atoms with Crippen molar-refractivity contribution >= 4 is 5.91 Å². The van der Waals surface area contributed by atoms with E-state index in [1.54, 1.807) is 0 Å². The Balaban J connectivity index is 1.30. The molecule has 0 radical (unpaired) electrons. The molecule has 1 atom stereocenters. The number of nitrogens with one attached hydrogen (secondary N) is 1. The monoisotopic (exact) mass is 407 g/mol. The Kier molecular flexibility index (Phi) is 6.27. The second-order valence-corrected chi connectivity index (χ2v) is 7.27. The molecule has 7 nitrogen and oxygen atoms in total. The molecule has 1 aromatic heterocycles. The Bertz CT molecular complexity index is 987. The lowest BCUT2D eigenvalue weighted by atomic mass is 10.0. The predicted octanol–water partition coefficient (Wildman–Crippen LogP) is 3.98. The fraction of sp³-hybridized carbons (Fsp3) is 0.348. The number of rotatable bonds is 9. The molecule has 2 heterocycles. The van der Waals surface area contributed by atoms with Crippen LogP contribution in [0.15, 0.2) is 52.9 Å². The zero-order valence-electron chi connectivity index (χ0n) is 17.0. The van der Waals surface area contributed by atoms with Crippen molar-refractivity contribution in [3.63, 3.8) is 0 Å². The van der Waals surface area contributed by atoms with E-state index in [-0.39, 0.29) is 18.7 Å². The minimum absolute atomic E-state index is 0.0205. The SMILES string of the molecule is CCC[C@H](NC(=O)CCc1nnc(Cc2ccc3c(c2)OCO3)o1)c1ccccc1. The van der Waals surface area contributed by atoms with Gasteiger partial charge in [-0.2, -0.15) is 0 Å². The number of fused-ring (bicyclic) bond motifs is 1. The van der Waals surface area contributed by atoms with Crippen LogP contribution in [0.1, 0.15) is 55.1 Å². The van der Waals surface area contributed by atoms with Gasteiger partial charge < -0.3 is 19.2 Å². The fourth-order valence-corrected chi connectivity index (χ4v) is 3.47. The van der Waals surface area contributed by atoms with Gasteiger partial charge in [0.2, 0.25) is 24.5 Å². The summed E-state index contributed by atoms with van der Waals surface area (Å²) < 4.78 is 16.4. The average molecular weight is 407 g/mol. The summed E-state index contributed by atoms with van der Waals surface area (Å²) in [6.07, 6.45) is 3.11. The molecule has 0 unspecified atom stereocenters. The van der Waals surface area contributed by atoms with Crippen LogP contribution in [0.25, 0.3) is 0 Å². The lowest BCUT2D eigenvalue weighted by Crippen LogP contribution is -2.28. The quantitative estimate of drug-likeness (QED) is 0.577. The van der Waals surface area contributed by atoms with Gasteiger partial charge in [0.05, 0.1) is 12.5 Å². The van der Waals surface area contributed by atoms with Crippen LogP contribution in [-0.4, -0.2) is 22.9 Å². The molecule has 1 amide bonds. The van der Waals surface area contributed by atoms with E-state index >= 15 is 0 Å². The summed E-state index contributed by atoms with van der Waals surface area (Å²) in [4.78, 5) is 12.5. The molecule has 0 saturated heterocycles. The van der Waals surface area contributed by atoms with Crippen LogP contribution >= 0.6 is 0 Å². The number of aryl methyl sites for hydroxylation is 1. The molecule has 156 valence electrons. The summed E-state index contributed by atoms with van der Waals surface area (Å²) in [7, 11) is 0. The maximum Gasteiger partial charge on any atom is 0.231 e. The van der Waals surface area contributed by atoms with Crippen molar-refractivity contribution in [1.82, 2.24) is 15.5 Å². The highest BCUT2D eigenvalue weighted by Crippen LogP contribution is 2.33. The first kappa shape index (κ1) is 19.9. The molecule has 4 rings (SSSR count). The van der Waals surface area contributed by atoms with Gasteiger partial charge in [-0.25, -0.2) is 0 Å². The van der Waals surface area contributed by atoms with Crippen LogP contribution in [0.3, 0.4) is 0 Å². The number of carbonyl (C=O) groups is 1. The van der Waals surface area contributed by atoms with E-state index in [1.165, 1.54) is 0 Å². The Hall–Kier alpha value is -3.35. The predicted molar refractivity (Wildman–Crippen MR) is 110 cm³/mol. The molecule has 1 N–H and O–H groups in total. The maximum atomic E-state index is 12.5. The number of hydrogen-bond donors (Lipinski definition) is 1. The molecule has 0 saturated carbocycles. The molecule has 1 aliphatic rings. The number of hydrogen-bond acceptors (Lipinski definition) is 6. The number of ether oxygens (including phenoxy) is 2. The van der Waals surface area contributed by atoms with Crippen LogP contribution in [0.4, 0.5) is 0 Å². The first-order valence-corrected chi connectivity index (χ1v) is 10.3. The third-order valence-corrected chi connectivity index (χ3v) is 4.98. The largest absolute Gasteiger partial charge is 0.454 e. The normalized spacial score (nSPS) is 13.2. The highest BCUT2D eigenvalue weighted by atomic mass is 16.7. The van der Waals surface area contributed by atoms with Gasteiger partial charge in [-0.3, -0.25) is 4.79 Å². The van der Waals surface area contributed by atoms with E-state index in [0.717, 1.165) is 35.5 Å². The highest BCUT2D eigenvalue weighted by molar-refractivity contribution is 5.76. The van der Waals surface area contributed by atoms with Crippen molar-refractivity contribution in [2.24, 2.45) is 0 Å². The third-order valence-electron chi connectivity index (χ3n) is 4.98. The second kappa shape index (κ2) is 9.43. The van der Waals surface area contributed by atoms with Crippen molar-refractivity contribution in [2.45, 2.75) is 45.1 Å². The summed E-state index contributed by atoms with van der Waals surface area (Å²) in [5.74, 6) is 2.43. The van der Waals surface area contributed by atoms with Crippen LogP contribution in [0, 0.1) is 0 Å². The van der Waals surface area contributed by atoms with Crippen LogP contribution < -0.4 is 14.8 Å². The Labute approximate surface area is 175 Å². The van der Waals surface area contributed by atoms with E-state index in [1.807, 2.05) is 48.5 Å². The van der Waals surface area contributed by atoms with Crippen LogP contribution in [0.5, 0.6) is 11.5 Å². The zero-order valence-corrected chi connectivity index (χ0v) is 17.0. The maximum absolute atomic E-state index is 12.5. The number of amides is 1. The molecular weight excluding hydrogens is 382 g/mol. The molecule has 30 heavy (non-hydrogen) atoms. The van der Waals surface area contributed by atoms with E-state index < -0.39 is 0 Å². The minimum Gasteiger partial charge on any atom is -0.454 e. The first-order valence-electron chi connectivity index (χ1n) is 10.3. The van der Waals surface area contributed by atoms with Gasteiger partial charge in [0.15, 0.2) is 11.5 Å². The van der Waals surface area contributed by atoms with Crippen molar-refractivity contribution in [1.29, 1.82) is 0 Å². The number of aromatic nitrogens is 2. The number of benzene rings is 2. The lowest BCUT2D eigenvalue weighted by molar-refractivity contribution is -0.121.